The fourth-order valence-corrected chi connectivity index (χ4v) is 13.9. The molecule has 4 unspecified atom stereocenters. The summed E-state index contributed by atoms with van der Waals surface area (Å²) in [5.74, 6) is -1.53. The number of aromatic nitrogens is 4. The van der Waals surface area contributed by atoms with E-state index in [9.17, 15) is 67.6 Å². The molecule has 1 aliphatic carbocycles. The molecule has 76 heavy (non-hydrogen) atoms. The fourth-order valence-electron chi connectivity index (χ4n) is 8.00. The summed E-state index contributed by atoms with van der Waals surface area (Å²) in [5.41, 5.74) is 0.767. The molecule has 4 atom stereocenters. The standard InChI is InChI=1S/C44H40N4O16P4S4.4Na/c1-21-17-69-41(45-21)43-47-31(19-71-43)15-63-39-27-3-23-7-33(65(51,52)53)9-25(37(23)49)5-29-13-36(68(60,61)62)14-30(40(29)64-16-32-20-72-44(48-32)42-46-22(2)18-70-42)6-26-10-34(66(54,55)56)8-24(38(26)50)4-28(39)12-35(11-27)67(57,58)59;;;;/h7-14,17-20,49-50H,3-6,15-16H2,1-2H3,(H2,51,52,53)(H2,54,55,56)(H2,57,58,59)(H2,60,61,62);;;;/q;4*+1/p-4. The average Bonchev–Trinajstić information content (AvgIpc) is 4.12. The number of phenolic OH excluding ortho intramolecular Hbond substituents is 2. The number of thiazole rings is 4. The maximum atomic E-state index is 13.0. The van der Waals surface area contributed by atoms with E-state index in [2.05, 4.69) is 19.9 Å². The molecule has 8 aromatic rings. The largest absolute Gasteiger partial charge is 1.00 e. The van der Waals surface area contributed by atoms with E-state index < -0.39 is 88.8 Å². The third kappa shape index (κ3) is 15.4. The summed E-state index contributed by atoms with van der Waals surface area (Å²) >= 11 is 5.23. The molecule has 0 spiro atoms. The van der Waals surface area contributed by atoms with Crippen LogP contribution in [-0.2, 0) is 57.2 Å². The molecule has 376 valence electrons. The Bertz CT molecular complexity index is 3330. The molecule has 4 heterocycles. The molecule has 0 radical (unpaired) electrons. The van der Waals surface area contributed by atoms with E-state index in [1.54, 1.807) is 10.8 Å². The van der Waals surface area contributed by atoms with Crippen LogP contribution in [0.2, 0.25) is 0 Å². The zero-order valence-electron chi connectivity index (χ0n) is 41.1. The van der Waals surface area contributed by atoms with Gasteiger partial charge < -0.3 is 77.1 Å². The molecular formula is C44H36N4Na4O16P4S4. The van der Waals surface area contributed by atoms with Crippen LogP contribution in [0.15, 0.2) is 70.1 Å². The molecule has 0 aliphatic heterocycles. The van der Waals surface area contributed by atoms with Gasteiger partial charge in [-0.05, 0) is 107 Å². The van der Waals surface area contributed by atoms with Gasteiger partial charge in [-0.1, -0.05) is 0 Å². The van der Waals surface area contributed by atoms with Crippen LogP contribution in [0.25, 0.3) is 20.0 Å². The molecule has 0 saturated heterocycles. The summed E-state index contributed by atoms with van der Waals surface area (Å²) in [6, 6.07) is 7.66. The summed E-state index contributed by atoms with van der Waals surface area (Å²) in [6.45, 7) is 3.03. The molecule has 4 aromatic carbocycles. The molecule has 20 nitrogen and oxygen atoms in total. The molecule has 0 amide bonds. The number of aryl methyl sites for hydroxylation is 2. The van der Waals surface area contributed by atoms with Crippen molar-refractivity contribution in [3.05, 3.63) is 137 Å². The van der Waals surface area contributed by atoms with Crippen LogP contribution >= 0.6 is 75.7 Å². The van der Waals surface area contributed by atoms with Gasteiger partial charge in [-0.15, -0.1) is 45.3 Å². The maximum absolute atomic E-state index is 13.0. The van der Waals surface area contributed by atoms with Gasteiger partial charge in [-0.25, -0.2) is 19.9 Å². The van der Waals surface area contributed by atoms with Gasteiger partial charge in [-0.2, -0.15) is 0 Å². The van der Waals surface area contributed by atoms with Gasteiger partial charge in [0, 0.05) is 79.8 Å². The molecule has 6 N–H and O–H groups in total. The Hall–Kier alpha value is -0.800. The first-order valence-electron chi connectivity index (χ1n) is 20.9. The monoisotopic (exact) mass is 1220 g/mol. The molecule has 9 rings (SSSR count). The van der Waals surface area contributed by atoms with E-state index in [0.717, 1.165) is 59.9 Å². The second-order valence-electron chi connectivity index (χ2n) is 16.7. The summed E-state index contributed by atoms with van der Waals surface area (Å²) in [6.07, 6.45) is -2.39. The normalized spacial score (nSPS) is 15.2. The Morgan fingerprint density at radius 1 is 0.434 bits per heavy atom. The minimum atomic E-state index is -5.44. The molecular weight excluding hydrogens is 1180 g/mol. The van der Waals surface area contributed by atoms with Crippen LogP contribution in [0.3, 0.4) is 0 Å². The first-order valence-corrected chi connectivity index (χ1v) is 30.8. The second kappa shape index (κ2) is 26.2. The van der Waals surface area contributed by atoms with Gasteiger partial charge in [-0.3, -0.25) is 0 Å². The Kier molecular flexibility index (Phi) is 22.7. The third-order valence-corrected chi connectivity index (χ3v) is 18.9. The third-order valence-electron chi connectivity index (χ3n) is 11.2. The second-order valence-corrected chi connectivity index (χ2v) is 26.3. The summed E-state index contributed by atoms with van der Waals surface area (Å²) < 4.78 is 64.7. The number of rotatable bonds is 12. The van der Waals surface area contributed by atoms with Crippen molar-refractivity contribution in [2.24, 2.45) is 0 Å². The number of ether oxygens (including phenoxy) is 2. The van der Waals surface area contributed by atoms with Crippen molar-refractivity contribution in [3.63, 3.8) is 0 Å². The van der Waals surface area contributed by atoms with Crippen molar-refractivity contribution in [2.45, 2.75) is 52.7 Å². The molecule has 8 bridgehead atoms. The van der Waals surface area contributed by atoms with Gasteiger partial charge in [0.05, 0.1) is 11.4 Å². The van der Waals surface area contributed by atoms with Crippen molar-refractivity contribution in [1.82, 2.24) is 19.9 Å². The van der Waals surface area contributed by atoms with Gasteiger partial charge in [0.15, 0.2) is 50.4 Å². The van der Waals surface area contributed by atoms with Gasteiger partial charge in [0.1, 0.15) is 36.2 Å². The Morgan fingerprint density at radius 3 is 0.908 bits per heavy atom. The average molecular weight is 1220 g/mol. The summed E-state index contributed by atoms with van der Waals surface area (Å²) in [5, 5.41) is 30.8. The van der Waals surface area contributed by atoms with E-state index in [0.29, 0.717) is 31.4 Å². The van der Waals surface area contributed by atoms with E-state index in [4.69, 9.17) is 9.47 Å². The summed E-state index contributed by atoms with van der Waals surface area (Å²) in [4.78, 5) is 112. The molecule has 4 aromatic heterocycles. The van der Waals surface area contributed by atoms with E-state index in [1.165, 1.54) is 45.3 Å². The number of benzene rings is 4. The minimum Gasteiger partial charge on any atom is -0.775 e. The number of hydrogen-bond acceptors (Lipinski definition) is 20. The van der Waals surface area contributed by atoms with Crippen LogP contribution in [0.5, 0.6) is 23.0 Å². The van der Waals surface area contributed by atoms with Crippen LogP contribution < -0.4 is 168 Å². The molecule has 32 heteroatoms. The Balaban J connectivity index is 0.00000267. The molecule has 0 fully saturated rings. The van der Waals surface area contributed by atoms with Crippen molar-refractivity contribution in [1.29, 1.82) is 0 Å². The van der Waals surface area contributed by atoms with Crippen LogP contribution in [-0.4, -0.2) is 49.7 Å². The predicted molar refractivity (Wildman–Crippen MR) is 263 cm³/mol. The maximum Gasteiger partial charge on any atom is 1.00 e. The van der Waals surface area contributed by atoms with Gasteiger partial charge in [0.25, 0.3) is 0 Å². The van der Waals surface area contributed by atoms with Gasteiger partial charge >= 0.3 is 118 Å². The fraction of sp³-hybridized carbons (Fsp3) is 0.182. The zero-order chi connectivity index (χ0) is 51.7. The van der Waals surface area contributed by atoms with E-state index in [-0.39, 0.29) is 187 Å². The molecule has 0 saturated carbocycles. The zero-order valence-corrected chi connectivity index (χ0v) is 56.0. The SMILES string of the molecule is Cc1csc(-c2nc(COc3c4cc(P(=O)([O-])O)cc3Cc3cc(P(=O)([O-])O)cc(c3O)Cc3cc(P(=O)([O-])O)cc(c3OCc3csc(-c5nc(C)cs5)n3)Cc3cc(P(=O)([O-])O)cc(c3O)C4)cs2)n1.[Na+].[Na+].[Na+].[Na+]. The van der Waals surface area contributed by atoms with Crippen LogP contribution in [0.1, 0.15) is 67.3 Å². The number of fused-ring (bicyclic) bond motifs is 8. The number of hydrogen-bond donors (Lipinski definition) is 6. The quantitative estimate of drug-likeness (QED) is 0.0489. The van der Waals surface area contributed by atoms with Crippen molar-refractivity contribution in [2.75, 3.05) is 0 Å². The van der Waals surface area contributed by atoms with Crippen LogP contribution in [0, 0.1) is 13.8 Å². The van der Waals surface area contributed by atoms with E-state index in [1.807, 2.05) is 24.6 Å². The van der Waals surface area contributed by atoms with Crippen LogP contribution in [0.4, 0.5) is 0 Å². The van der Waals surface area contributed by atoms with Crippen molar-refractivity contribution < 1.29 is 195 Å². The van der Waals surface area contributed by atoms with Crippen molar-refractivity contribution >= 4 is 96.9 Å². The predicted octanol–water partition coefficient (Wildman–Crippen LogP) is -8.59. The number of aromatic hydroxyl groups is 2. The Labute approximate surface area is 538 Å². The molecule has 1 aliphatic rings. The smallest absolute Gasteiger partial charge is 0.775 e. The van der Waals surface area contributed by atoms with E-state index >= 15 is 0 Å². The number of nitrogens with zero attached hydrogens (tertiary/aromatic N) is 4. The first kappa shape index (κ1) is 66.0. The number of phenols is 2. The topological polar surface area (TPSA) is 352 Å². The van der Waals surface area contributed by atoms with Crippen molar-refractivity contribution in [3.8, 4) is 43.0 Å². The van der Waals surface area contributed by atoms with Gasteiger partial charge in [0.2, 0.25) is 0 Å². The summed E-state index contributed by atoms with van der Waals surface area (Å²) in [7, 11) is -21.8. The Morgan fingerprint density at radius 2 is 0.671 bits per heavy atom. The minimum absolute atomic E-state index is 0. The first-order chi connectivity index (χ1) is 33.8.